The standard InChI is InChI=1S/C14H16F3N3S/c1-9-2-4-20(5-3-9)12-11-6-10(7-14(15,16)17)21-13(11)19-8-18-12/h6,8-9H,2-5,7H2,1H3. The molecule has 3 nitrogen and oxygen atoms in total. The Bertz CT molecular complexity index is 630. The van der Waals surface area contributed by atoms with Gasteiger partial charge < -0.3 is 4.90 Å². The summed E-state index contributed by atoms with van der Waals surface area (Å²) in [5.74, 6) is 1.47. The molecule has 0 aromatic carbocycles. The van der Waals surface area contributed by atoms with Crippen LogP contribution in [-0.4, -0.2) is 29.2 Å². The molecule has 2 aromatic heterocycles. The van der Waals surface area contributed by atoms with Crippen LogP contribution in [0.5, 0.6) is 0 Å². The van der Waals surface area contributed by atoms with Gasteiger partial charge in [0, 0.05) is 18.0 Å². The molecular formula is C14H16F3N3S. The van der Waals surface area contributed by atoms with Crippen LogP contribution in [0.1, 0.15) is 24.6 Å². The van der Waals surface area contributed by atoms with Gasteiger partial charge in [-0.25, -0.2) is 9.97 Å². The molecule has 0 bridgehead atoms. The molecule has 21 heavy (non-hydrogen) atoms. The van der Waals surface area contributed by atoms with E-state index in [0.29, 0.717) is 15.6 Å². The lowest BCUT2D eigenvalue weighted by molar-refractivity contribution is -0.126. The summed E-state index contributed by atoms with van der Waals surface area (Å²) in [5, 5.41) is 0.747. The summed E-state index contributed by atoms with van der Waals surface area (Å²) in [6, 6.07) is 1.60. The number of hydrogen-bond acceptors (Lipinski definition) is 4. The third-order valence-electron chi connectivity index (χ3n) is 3.82. The van der Waals surface area contributed by atoms with Crippen LogP contribution in [0.2, 0.25) is 0 Å². The smallest absolute Gasteiger partial charge is 0.356 e. The Morgan fingerprint density at radius 3 is 2.67 bits per heavy atom. The summed E-state index contributed by atoms with van der Waals surface area (Å²) in [5.41, 5.74) is 0. The van der Waals surface area contributed by atoms with Crippen molar-refractivity contribution in [3.63, 3.8) is 0 Å². The van der Waals surface area contributed by atoms with Gasteiger partial charge >= 0.3 is 6.18 Å². The minimum absolute atomic E-state index is 0.296. The molecule has 0 N–H and O–H groups in total. The van der Waals surface area contributed by atoms with Crippen LogP contribution in [0.25, 0.3) is 10.2 Å². The highest BCUT2D eigenvalue weighted by Gasteiger charge is 2.29. The van der Waals surface area contributed by atoms with E-state index in [1.54, 1.807) is 6.07 Å². The molecule has 1 aliphatic heterocycles. The molecule has 0 atom stereocenters. The van der Waals surface area contributed by atoms with Gasteiger partial charge in [-0.05, 0) is 24.8 Å². The highest BCUT2D eigenvalue weighted by atomic mass is 32.1. The molecule has 0 saturated carbocycles. The average Bonchev–Trinajstić information content (AvgIpc) is 2.79. The molecule has 1 saturated heterocycles. The van der Waals surface area contributed by atoms with E-state index in [1.807, 2.05) is 0 Å². The van der Waals surface area contributed by atoms with Crippen molar-refractivity contribution < 1.29 is 13.2 Å². The van der Waals surface area contributed by atoms with Crippen LogP contribution in [0.15, 0.2) is 12.4 Å². The Labute approximate surface area is 124 Å². The lowest BCUT2D eigenvalue weighted by atomic mass is 9.99. The molecule has 3 rings (SSSR count). The van der Waals surface area contributed by atoms with Gasteiger partial charge in [-0.15, -0.1) is 11.3 Å². The first-order chi connectivity index (χ1) is 9.92. The van der Waals surface area contributed by atoms with Crippen LogP contribution in [0, 0.1) is 5.92 Å². The number of hydrogen-bond donors (Lipinski definition) is 0. The second-order valence-corrected chi connectivity index (χ2v) is 6.71. The monoisotopic (exact) mass is 315 g/mol. The zero-order chi connectivity index (χ0) is 15.0. The third kappa shape index (κ3) is 3.28. The number of anilines is 1. The van der Waals surface area contributed by atoms with E-state index in [0.717, 1.165) is 48.5 Å². The first kappa shape index (κ1) is 14.6. The largest absolute Gasteiger partial charge is 0.393 e. The van der Waals surface area contributed by atoms with Gasteiger partial charge in [-0.2, -0.15) is 13.2 Å². The normalized spacial score (nSPS) is 17.6. The van der Waals surface area contributed by atoms with Crippen molar-refractivity contribution in [3.8, 4) is 0 Å². The first-order valence-corrected chi connectivity index (χ1v) is 7.79. The molecule has 3 heterocycles. The van der Waals surface area contributed by atoms with Crippen LogP contribution in [0.3, 0.4) is 0 Å². The number of alkyl halides is 3. The lowest BCUT2D eigenvalue weighted by Gasteiger charge is -2.31. The topological polar surface area (TPSA) is 29.0 Å². The van der Waals surface area contributed by atoms with Gasteiger partial charge in [0.05, 0.1) is 11.8 Å². The number of piperidine rings is 1. The van der Waals surface area contributed by atoms with Crippen molar-refractivity contribution >= 4 is 27.4 Å². The Kier molecular flexibility index (Phi) is 3.77. The maximum atomic E-state index is 12.5. The molecule has 0 spiro atoms. The van der Waals surface area contributed by atoms with E-state index < -0.39 is 12.6 Å². The average molecular weight is 315 g/mol. The Morgan fingerprint density at radius 2 is 2.00 bits per heavy atom. The summed E-state index contributed by atoms with van der Waals surface area (Å²) >= 11 is 1.11. The fourth-order valence-corrected chi connectivity index (χ4v) is 3.67. The van der Waals surface area contributed by atoms with Crippen LogP contribution in [-0.2, 0) is 6.42 Å². The van der Waals surface area contributed by atoms with Gasteiger partial charge in [-0.3, -0.25) is 0 Å². The van der Waals surface area contributed by atoms with Crippen molar-refractivity contribution in [2.45, 2.75) is 32.4 Å². The van der Waals surface area contributed by atoms with Gasteiger partial charge in [0.25, 0.3) is 0 Å². The van der Waals surface area contributed by atoms with E-state index >= 15 is 0 Å². The summed E-state index contributed by atoms with van der Waals surface area (Å²) in [6.45, 7) is 4.02. The molecule has 0 aliphatic carbocycles. The zero-order valence-corrected chi connectivity index (χ0v) is 12.5. The van der Waals surface area contributed by atoms with Gasteiger partial charge in [0.2, 0.25) is 0 Å². The second-order valence-electron chi connectivity index (χ2n) is 5.59. The predicted octanol–water partition coefficient (Wildman–Crippen LogP) is 4.03. The SMILES string of the molecule is CC1CCN(c2ncnc3sc(CC(F)(F)F)cc23)CC1. The Balaban J connectivity index is 1.92. The fourth-order valence-electron chi connectivity index (χ4n) is 2.65. The Morgan fingerprint density at radius 1 is 1.29 bits per heavy atom. The maximum absolute atomic E-state index is 12.5. The minimum Gasteiger partial charge on any atom is -0.356 e. The summed E-state index contributed by atoms with van der Waals surface area (Å²) in [7, 11) is 0. The number of thiophene rings is 1. The zero-order valence-electron chi connectivity index (χ0n) is 11.7. The quantitative estimate of drug-likeness (QED) is 0.838. The molecular weight excluding hydrogens is 299 g/mol. The summed E-state index contributed by atoms with van der Waals surface area (Å²) in [6.07, 6.45) is -1.46. The van der Waals surface area contributed by atoms with Crippen molar-refractivity contribution in [2.75, 3.05) is 18.0 Å². The van der Waals surface area contributed by atoms with E-state index in [2.05, 4.69) is 21.8 Å². The van der Waals surface area contributed by atoms with Gasteiger partial charge in [0.15, 0.2) is 0 Å². The van der Waals surface area contributed by atoms with Gasteiger partial charge in [-0.1, -0.05) is 6.92 Å². The highest BCUT2D eigenvalue weighted by Crippen LogP contribution is 2.34. The number of rotatable bonds is 2. The molecule has 114 valence electrons. The highest BCUT2D eigenvalue weighted by molar-refractivity contribution is 7.18. The second kappa shape index (κ2) is 5.44. The summed E-state index contributed by atoms with van der Waals surface area (Å²) in [4.78, 5) is 11.5. The van der Waals surface area contributed by atoms with E-state index in [9.17, 15) is 13.2 Å². The van der Waals surface area contributed by atoms with Crippen molar-refractivity contribution in [1.29, 1.82) is 0 Å². The van der Waals surface area contributed by atoms with E-state index in [4.69, 9.17) is 0 Å². The maximum Gasteiger partial charge on any atom is 0.393 e. The number of aromatic nitrogens is 2. The molecule has 7 heteroatoms. The molecule has 1 fully saturated rings. The predicted molar refractivity (Wildman–Crippen MR) is 77.8 cm³/mol. The van der Waals surface area contributed by atoms with Crippen LogP contribution >= 0.6 is 11.3 Å². The molecule has 0 amide bonds. The number of nitrogens with zero attached hydrogens (tertiary/aromatic N) is 3. The van der Waals surface area contributed by atoms with Crippen LogP contribution in [0.4, 0.5) is 19.0 Å². The van der Waals surface area contributed by atoms with Crippen molar-refractivity contribution in [1.82, 2.24) is 9.97 Å². The van der Waals surface area contributed by atoms with E-state index in [-0.39, 0.29) is 0 Å². The fraction of sp³-hybridized carbons (Fsp3) is 0.571. The Hall–Kier alpha value is -1.37. The molecule has 0 unspecified atom stereocenters. The number of fused-ring (bicyclic) bond motifs is 1. The van der Waals surface area contributed by atoms with Gasteiger partial charge in [0.1, 0.15) is 17.0 Å². The minimum atomic E-state index is -4.19. The van der Waals surface area contributed by atoms with Crippen molar-refractivity contribution in [2.24, 2.45) is 5.92 Å². The molecule has 2 aromatic rings. The van der Waals surface area contributed by atoms with Crippen LogP contribution < -0.4 is 4.90 Å². The van der Waals surface area contributed by atoms with Crippen molar-refractivity contribution in [3.05, 3.63) is 17.3 Å². The molecule has 0 radical (unpaired) electrons. The molecule has 1 aliphatic rings. The summed E-state index contributed by atoms with van der Waals surface area (Å²) < 4.78 is 37.6. The number of halogens is 3. The lowest BCUT2D eigenvalue weighted by Crippen LogP contribution is -2.33. The third-order valence-corrected chi connectivity index (χ3v) is 4.86. The van der Waals surface area contributed by atoms with E-state index in [1.165, 1.54) is 6.33 Å². The first-order valence-electron chi connectivity index (χ1n) is 6.97.